The molecule has 0 heterocycles. The van der Waals surface area contributed by atoms with Gasteiger partial charge in [-0.3, -0.25) is 4.79 Å². The third-order valence-electron chi connectivity index (χ3n) is 4.11. The third kappa shape index (κ3) is 5.11. The van der Waals surface area contributed by atoms with E-state index in [2.05, 4.69) is 11.4 Å². The zero-order valence-corrected chi connectivity index (χ0v) is 14.3. The van der Waals surface area contributed by atoms with Crippen LogP contribution in [0.3, 0.4) is 0 Å². The molecule has 1 aliphatic rings. The summed E-state index contributed by atoms with van der Waals surface area (Å²) in [4.78, 5) is 24.2. The number of rotatable bonds is 7. The van der Waals surface area contributed by atoms with Gasteiger partial charge in [0.1, 0.15) is 11.3 Å². The van der Waals surface area contributed by atoms with E-state index in [1.54, 1.807) is 31.2 Å². The van der Waals surface area contributed by atoms with E-state index in [9.17, 15) is 9.59 Å². The molecule has 0 unspecified atom stereocenters. The van der Waals surface area contributed by atoms with Gasteiger partial charge in [0.05, 0.1) is 7.11 Å². The number of hydrogen-bond acceptors (Lipinski definition) is 4. The maximum absolute atomic E-state index is 12.2. The Morgan fingerprint density at radius 1 is 1.25 bits per heavy atom. The number of amides is 1. The second-order valence-corrected chi connectivity index (χ2v) is 5.90. The molecule has 0 spiro atoms. The molecule has 24 heavy (non-hydrogen) atoms. The molecule has 1 aromatic rings. The monoisotopic (exact) mass is 331 g/mol. The lowest BCUT2D eigenvalue weighted by Gasteiger charge is -2.16. The number of ether oxygens (including phenoxy) is 2. The Bertz CT molecular complexity index is 609. The van der Waals surface area contributed by atoms with Gasteiger partial charge in [-0.25, -0.2) is 4.79 Å². The molecule has 1 N–H and O–H groups in total. The van der Waals surface area contributed by atoms with Crippen molar-refractivity contribution in [2.45, 2.75) is 45.1 Å². The highest BCUT2D eigenvalue weighted by molar-refractivity contribution is 5.94. The van der Waals surface area contributed by atoms with Crippen LogP contribution in [0.1, 0.15) is 49.4 Å². The summed E-state index contributed by atoms with van der Waals surface area (Å²) in [7, 11) is 1.49. The normalized spacial score (nSPS) is 15.2. The third-order valence-corrected chi connectivity index (χ3v) is 4.11. The van der Waals surface area contributed by atoms with Crippen molar-refractivity contribution in [3.05, 3.63) is 41.5 Å². The standard InChI is InChI=1S/C19H25NO4/c1-14(18(21)20-13-12-15-8-4-3-5-9-15)24-19(22)16-10-6-7-11-17(16)23-2/h6-8,10-11,14H,3-5,9,12-13H2,1-2H3,(H,20,21)/t14-/m0/s1. The average molecular weight is 331 g/mol. The van der Waals surface area contributed by atoms with E-state index < -0.39 is 12.1 Å². The van der Waals surface area contributed by atoms with Crippen molar-refractivity contribution in [2.75, 3.05) is 13.7 Å². The average Bonchev–Trinajstić information content (AvgIpc) is 2.62. The van der Waals surface area contributed by atoms with Gasteiger partial charge >= 0.3 is 5.97 Å². The minimum atomic E-state index is -0.845. The Balaban J connectivity index is 1.80. The van der Waals surface area contributed by atoms with E-state index >= 15 is 0 Å². The van der Waals surface area contributed by atoms with Crippen LogP contribution in [-0.4, -0.2) is 31.6 Å². The molecular weight excluding hydrogens is 306 g/mol. The number of allylic oxidation sites excluding steroid dienone is 1. The molecule has 0 saturated carbocycles. The molecule has 1 amide bonds. The van der Waals surface area contributed by atoms with Gasteiger partial charge in [0, 0.05) is 6.54 Å². The van der Waals surface area contributed by atoms with E-state index in [1.165, 1.54) is 25.5 Å². The number of hydrogen-bond donors (Lipinski definition) is 1. The number of nitrogens with one attached hydrogen (secondary N) is 1. The van der Waals surface area contributed by atoms with E-state index in [1.807, 2.05) is 0 Å². The van der Waals surface area contributed by atoms with Crippen molar-refractivity contribution in [2.24, 2.45) is 0 Å². The summed E-state index contributed by atoms with van der Waals surface area (Å²) in [5.74, 6) is -0.418. The quantitative estimate of drug-likeness (QED) is 0.615. The van der Waals surface area contributed by atoms with Crippen LogP contribution in [0.25, 0.3) is 0 Å². The van der Waals surface area contributed by atoms with E-state index in [0.29, 0.717) is 17.9 Å². The fourth-order valence-electron chi connectivity index (χ4n) is 2.71. The van der Waals surface area contributed by atoms with Gasteiger partial charge in [-0.15, -0.1) is 0 Å². The van der Waals surface area contributed by atoms with Crippen LogP contribution < -0.4 is 10.1 Å². The Morgan fingerprint density at radius 2 is 2.04 bits per heavy atom. The van der Waals surface area contributed by atoms with Gasteiger partial charge in [-0.2, -0.15) is 0 Å². The number of carbonyl (C=O) groups is 2. The zero-order chi connectivity index (χ0) is 17.4. The van der Waals surface area contributed by atoms with Crippen molar-refractivity contribution in [3.63, 3.8) is 0 Å². The lowest BCUT2D eigenvalue weighted by atomic mass is 9.97. The molecule has 1 aliphatic carbocycles. The van der Waals surface area contributed by atoms with Gasteiger partial charge in [-0.1, -0.05) is 23.8 Å². The predicted octanol–water partition coefficient (Wildman–Crippen LogP) is 3.25. The Morgan fingerprint density at radius 3 is 2.75 bits per heavy atom. The van der Waals surface area contributed by atoms with E-state index in [0.717, 1.165) is 19.3 Å². The molecule has 5 heteroatoms. The number of esters is 1. The van der Waals surface area contributed by atoms with Crippen LogP contribution in [0.4, 0.5) is 0 Å². The second kappa shape index (κ2) is 9.11. The first-order valence-corrected chi connectivity index (χ1v) is 8.41. The molecule has 0 aliphatic heterocycles. The van der Waals surface area contributed by atoms with Crippen LogP contribution in [0.5, 0.6) is 5.75 Å². The van der Waals surface area contributed by atoms with Gasteiger partial charge in [0.25, 0.3) is 5.91 Å². The maximum Gasteiger partial charge on any atom is 0.342 e. The molecular formula is C19H25NO4. The SMILES string of the molecule is COc1ccccc1C(=O)O[C@@H](C)C(=O)NCCC1=CCCCC1. The van der Waals surface area contributed by atoms with Crippen molar-refractivity contribution >= 4 is 11.9 Å². The molecule has 5 nitrogen and oxygen atoms in total. The molecule has 0 bridgehead atoms. The summed E-state index contributed by atoms with van der Waals surface area (Å²) < 4.78 is 10.4. The van der Waals surface area contributed by atoms with Crippen molar-refractivity contribution in [1.82, 2.24) is 5.32 Å². The molecule has 0 saturated heterocycles. The highest BCUT2D eigenvalue weighted by Crippen LogP contribution is 2.20. The first-order chi connectivity index (χ1) is 11.6. The van der Waals surface area contributed by atoms with Crippen LogP contribution >= 0.6 is 0 Å². The van der Waals surface area contributed by atoms with E-state index in [-0.39, 0.29) is 5.91 Å². The fourth-order valence-corrected chi connectivity index (χ4v) is 2.71. The highest BCUT2D eigenvalue weighted by atomic mass is 16.5. The van der Waals surface area contributed by atoms with Crippen molar-refractivity contribution in [1.29, 1.82) is 0 Å². The lowest BCUT2D eigenvalue weighted by Crippen LogP contribution is -2.36. The summed E-state index contributed by atoms with van der Waals surface area (Å²) in [6, 6.07) is 6.79. The number of carbonyl (C=O) groups excluding carboxylic acids is 2. The molecule has 2 rings (SSSR count). The minimum absolute atomic E-state index is 0.283. The largest absolute Gasteiger partial charge is 0.496 e. The van der Waals surface area contributed by atoms with Crippen LogP contribution in [0, 0.1) is 0 Å². The van der Waals surface area contributed by atoms with E-state index in [4.69, 9.17) is 9.47 Å². The summed E-state index contributed by atoms with van der Waals surface area (Å²) in [5, 5.41) is 2.83. The summed E-state index contributed by atoms with van der Waals surface area (Å²) in [6.45, 7) is 2.14. The molecule has 0 radical (unpaired) electrons. The smallest absolute Gasteiger partial charge is 0.342 e. The Hall–Kier alpha value is -2.30. The zero-order valence-electron chi connectivity index (χ0n) is 14.3. The Labute approximate surface area is 143 Å². The second-order valence-electron chi connectivity index (χ2n) is 5.90. The molecule has 130 valence electrons. The summed E-state index contributed by atoms with van der Waals surface area (Å²) in [5.41, 5.74) is 1.72. The van der Waals surface area contributed by atoms with Gasteiger partial charge in [0.15, 0.2) is 6.10 Å². The topological polar surface area (TPSA) is 64.6 Å². The first-order valence-electron chi connectivity index (χ1n) is 8.41. The van der Waals surface area contributed by atoms with Crippen LogP contribution in [0.15, 0.2) is 35.9 Å². The number of para-hydroxylation sites is 1. The number of methoxy groups -OCH3 is 1. The molecule has 1 aromatic carbocycles. The van der Waals surface area contributed by atoms with Crippen molar-refractivity contribution in [3.8, 4) is 5.75 Å². The van der Waals surface area contributed by atoms with Gasteiger partial charge in [-0.05, 0) is 51.2 Å². The van der Waals surface area contributed by atoms with Crippen LogP contribution in [0.2, 0.25) is 0 Å². The van der Waals surface area contributed by atoms with Crippen molar-refractivity contribution < 1.29 is 19.1 Å². The fraction of sp³-hybridized carbons (Fsp3) is 0.474. The molecule has 0 fully saturated rings. The highest BCUT2D eigenvalue weighted by Gasteiger charge is 2.20. The Kier molecular flexibility index (Phi) is 6.85. The first kappa shape index (κ1) is 18.0. The minimum Gasteiger partial charge on any atom is -0.496 e. The van der Waals surface area contributed by atoms with Crippen LogP contribution in [-0.2, 0) is 9.53 Å². The maximum atomic E-state index is 12.2. The number of benzene rings is 1. The van der Waals surface area contributed by atoms with Gasteiger partial charge in [0.2, 0.25) is 0 Å². The summed E-state index contributed by atoms with van der Waals surface area (Å²) in [6.07, 6.45) is 7.02. The predicted molar refractivity (Wildman–Crippen MR) is 92.0 cm³/mol. The van der Waals surface area contributed by atoms with Gasteiger partial charge < -0.3 is 14.8 Å². The molecule has 1 atom stereocenters. The molecule has 0 aromatic heterocycles. The summed E-state index contributed by atoms with van der Waals surface area (Å²) >= 11 is 0. The lowest BCUT2D eigenvalue weighted by molar-refractivity contribution is -0.129.